The average molecular weight is 155 g/mol. The van der Waals surface area contributed by atoms with Gasteiger partial charge in [-0.1, -0.05) is 0 Å². The van der Waals surface area contributed by atoms with E-state index in [9.17, 15) is 4.79 Å². The molecule has 0 radical (unpaired) electrons. The summed E-state index contributed by atoms with van der Waals surface area (Å²) in [6.45, 7) is 3.37. The van der Waals surface area contributed by atoms with Gasteiger partial charge in [-0.25, -0.2) is 0 Å². The molecule has 3 aliphatic rings. The van der Waals surface area contributed by atoms with Crippen LogP contribution in [0.1, 0.15) is 13.3 Å². The molecule has 0 spiro atoms. The molecule has 0 unspecified atom stereocenters. The zero-order valence-corrected chi connectivity index (χ0v) is 6.67. The van der Waals surface area contributed by atoms with Crippen LogP contribution in [-0.2, 0) is 9.53 Å². The summed E-state index contributed by atoms with van der Waals surface area (Å²) in [6, 6.07) is 0.430. The van der Waals surface area contributed by atoms with Crippen LogP contribution in [-0.4, -0.2) is 25.2 Å². The first-order valence-corrected chi connectivity index (χ1v) is 4.23. The molecule has 11 heavy (non-hydrogen) atoms. The van der Waals surface area contributed by atoms with Crippen molar-refractivity contribution in [1.29, 1.82) is 0 Å². The fraction of sp³-hybridized carbons (Fsp3) is 0.875. The van der Waals surface area contributed by atoms with Crippen molar-refractivity contribution < 1.29 is 9.53 Å². The highest BCUT2D eigenvalue weighted by Crippen LogP contribution is 2.40. The first-order valence-electron chi connectivity index (χ1n) is 4.23. The predicted octanol–water partition coefficient (Wildman–Crippen LogP) is 0.157. The van der Waals surface area contributed by atoms with Crippen molar-refractivity contribution in [2.24, 2.45) is 11.8 Å². The number of ether oxygens (including phenoxy) is 1. The van der Waals surface area contributed by atoms with Crippen molar-refractivity contribution in [1.82, 2.24) is 5.32 Å². The molecule has 1 N–H and O–H groups in total. The van der Waals surface area contributed by atoms with Gasteiger partial charge in [0, 0.05) is 6.04 Å². The summed E-state index contributed by atoms with van der Waals surface area (Å²) in [7, 11) is 0. The normalized spacial score (nSPS) is 39.9. The molecule has 2 heterocycles. The van der Waals surface area contributed by atoms with E-state index in [0.29, 0.717) is 18.6 Å². The highest BCUT2D eigenvalue weighted by atomic mass is 16.5. The van der Waals surface area contributed by atoms with Gasteiger partial charge < -0.3 is 10.1 Å². The molecule has 3 fully saturated rings. The Bertz CT molecular complexity index is 167. The molecule has 3 rings (SSSR count). The molecule has 2 aliphatic heterocycles. The second kappa shape index (κ2) is 2.48. The lowest BCUT2D eigenvalue weighted by Gasteiger charge is -2.31. The number of hydrogen-bond donors (Lipinski definition) is 1. The molecule has 62 valence electrons. The molecular weight excluding hydrogens is 142 g/mol. The van der Waals surface area contributed by atoms with Crippen molar-refractivity contribution in [2.75, 3.05) is 13.2 Å². The smallest absolute Gasteiger partial charge is 0.310 e. The van der Waals surface area contributed by atoms with Crippen LogP contribution in [0, 0.1) is 11.8 Å². The molecule has 0 aromatic heterocycles. The molecular formula is C8H13NO2. The maximum Gasteiger partial charge on any atom is 0.310 e. The average Bonchev–Trinajstić information content (AvgIpc) is 2.44. The van der Waals surface area contributed by atoms with Crippen LogP contribution >= 0.6 is 0 Å². The molecule has 3 heteroatoms. The van der Waals surface area contributed by atoms with E-state index in [1.807, 2.05) is 6.92 Å². The Morgan fingerprint density at radius 3 is 3.00 bits per heavy atom. The minimum absolute atomic E-state index is 0.00116. The number of rotatable bonds is 2. The summed E-state index contributed by atoms with van der Waals surface area (Å²) in [4.78, 5) is 11.2. The van der Waals surface area contributed by atoms with E-state index in [1.165, 1.54) is 6.42 Å². The number of carbonyl (C=O) groups excluding carboxylic acids is 1. The van der Waals surface area contributed by atoms with Crippen LogP contribution in [0.5, 0.6) is 0 Å². The predicted molar refractivity (Wildman–Crippen MR) is 40.0 cm³/mol. The van der Waals surface area contributed by atoms with E-state index in [2.05, 4.69) is 5.32 Å². The first-order chi connectivity index (χ1) is 5.33. The second-order valence-corrected chi connectivity index (χ2v) is 3.29. The Balaban J connectivity index is 1.92. The van der Waals surface area contributed by atoms with Gasteiger partial charge in [0.15, 0.2) is 0 Å². The topological polar surface area (TPSA) is 38.3 Å². The quantitative estimate of drug-likeness (QED) is 0.577. The van der Waals surface area contributed by atoms with Gasteiger partial charge in [0.05, 0.1) is 12.5 Å². The molecule has 3 nitrogen and oxygen atoms in total. The van der Waals surface area contributed by atoms with Crippen LogP contribution in [0.25, 0.3) is 0 Å². The molecule has 0 aromatic carbocycles. The summed E-state index contributed by atoms with van der Waals surface area (Å²) in [5.74, 6) is 0.743. The lowest BCUT2D eigenvalue weighted by Crippen LogP contribution is -2.43. The molecule has 2 saturated heterocycles. The van der Waals surface area contributed by atoms with Crippen molar-refractivity contribution in [3.05, 3.63) is 0 Å². The number of nitrogens with one attached hydrogen (secondary N) is 1. The van der Waals surface area contributed by atoms with Crippen molar-refractivity contribution in [3.63, 3.8) is 0 Å². The maximum atomic E-state index is 11.2. The van der Waals surface area contributed by atoms with E-state index < -0.39 is 0 Å². The van der Waals surface area contributed by atoms with Crippen molar-refractivity contribution >= 4 is 5.97 Å². The third kappa shape index (κ3) is 0.948. The van der Waals surface area contributed by atoms with E-state index >= 15 is 0 Å². The zero-order chi connectivity index (χ0) is 7.84. The number of esters is 1. The fourth-order valence-corrected chi connectivity index (χ4v) is 2.07. The number of hydrogen-bond acceptors (Lipinski definition) is 3. The lowest BCUT2D eigenvalue weighted by atomic mass is 9.74. The Labute approximate surface area is 66.1 Å². The summed E-state index contributed by atoms with van der Waals surface area (Å²) in [5.41, 5.74) is 0. The zero-order valence-electron chi connectivity index (χ0n) is 6.67. The summed E-state index contributed by atoms with van der Waals surface area (Å²) in [6.07, 6.45) is 1.17. The van der Waals surface area contributed by atoms with E-state index in [-0.39, 0.29) is 11.9 Å². The van der Waals surface area contributed by atoms with E-state index in [1.54, 1.807) is 0 Å². The highest BCUT2D eigenvalue weighted by Gasteiger charge is 2.51. The van der Waals surface area contributed by atoms with Gasteiger partial charge in [-0.15, -0.1) is 0 Å². The van der Waals surface area contributed by atoms with Crippen LogP contribution in [0.15, 0.2) is 0 Å². The van der Waals surface area contributed by atoms with Crippen molar-refractivity contribution in [2.45, 2.75) is 19.4 Å². The lowest BCUT2D eigenvalue weighted by molar-refractivity contribution is -0.153. The number of carbonyl (C=O) groups is 1. The van der Waals surface area contributed by atoms with E-state index in [0.717, 1.165) is 6.54 Å². The van der Waals surface area contributed by atoms with Gasteiger partial charge in [-0.3, -0.25) is 4.79 Å². The molecule has 1 aliphatic carbocycles. The summed E-state index contributed by atoms with van der Waals surface area (Å²) < 4.78 is 4.95. The Morgan fingerprint density at radius 1 is 1.73 bits per heavy atom. The molecule has 3 atom stereocenters. The Hall–Kier alpha value is -0.570. The minimum Gasteiger partial charge on any atom is -0.466 e. The van der Waals surface area contributed by atoms with E-state index in [4.69, 9.17) is 4.74 Å². The minimum atomic E-state index is -0.00116. The molecule has 2 bridgehead atoms. The molecule has 1 saturated carbocycles. The third-order valence-electron chi connectivity index (χ3n) is 2.70. The maximum absolute atomic E-state index is 11.2. The van der Waals surface area contributed by atoms with Gasteiger partial charge in [0.2, 0.25) is 0 Å². The molecule has 0 amide bonds. The summed E-state index contributed by atoms with van der Waals surface area (Å²) >= 11 is 0. The SMILES string of the molecule is CCOC(=O)[C@@H]1[C@H]2CN[C@@H]1C2. The Morgan fingerprint density at radius 2 is 2.55 bits per heavy atom. The summed E-state index contributed by atoms with van der Waals surface area (Å²) in [5, 5.41) is 3.28. The Kier molecular flexibility index (Phi) is 1.60. The third-order valence-corrected chi connectivity index (χ3v) is 2.70. The highest BCUT2D eigenvalue weighted by molar-refractivity contribution is 5.75. The molecule has 0 aromatic rings. The van der Waals surface area contributed by atoms with Gasteiger partial charge in [-0.2, -0.15) is 0 Å². The largest absolute Gasteiger partial charge is 0.466 e. The number of fused-ring (bicyclic) bond motifs is 1. The van der Waals surface area contributed by atoms with Gasteiger partial charge in [0.1, 0.15) is 0 Å². The van der Waals surface area contributed by atoms with Crippen LogP contribution in [0.2, 0.25) is 0 Å². The van der Waals surface area contributed by atoms with Gasteiger partial charge >= 0.3 is 5.97 Å². The van der Waals surface area contributed by atoms with Crippen LogP contribution in [0.3, 0.4) is 0 Å². The van der Waals surface area contributed by atoms with Crippen molar-refractivity contribution in [3.8, 4) is 0 Å². The van der Waals surface area contributed by atoms with Gasteiger partial charge in [-0.05, 0) is 25.8 Å². The second-order valence-electron chi connectivity index (χ2n) is 3.29. The monoisotopic (exact) mass is 155 g/mol. The fourth-order valence-electron chi connectivity index (χ4n) is 2.07. The first kappa shape index (κ1) is 7.10. The standard InChI is InChI=1S/C8H13NO2/c1-2-11-8(10)7-5-3-6(7)9-4-5/h5-7,9H,2-4H2,1H3/t5-,6-,7-/m1/s1. The van der Waals surface area contributed by atoms with Crippen LogP contribution in [0.4, 0.5) is 0 Å². The van der Waals surface area contributed by atoms with Crippen LogP contribution < -0.4 is 5.32 Å². The van der Waals surface area contributed by atoms with Gasteiger partial charge in [0.25, 0.3) is 0 Å².